The fraction of sp³-hybridized carbons (Fsp3) is 0.214. The van der Waals surface area contributed by atoms with Gasteiger partial charge in [-0.3, -0.25) is 0 Å². The smallest absolute Gasteiger partial charge is 0.219 e. The number of hydrogen-bond acceptors (Lipinski definition) is 3. The van der Waals surface area contributed by atoms with E-state index < -0.39 is 0 Å². The third-order valence-electron chi connectivity index (χ3n) is 2.48. The van der Waals surface area contributed by atoms with Crippen LogP contribution in [0.5, 0.6) is 11.6 Å². The SMILES string of the molecule is CCNCc1ccc(Oc2cc(Cl)ccc2Cl)nc1. The third kappa shape index (κ3) is 4.10. The topological polar surface area (TPSA) is 34.1 Å². The number of pyridine rings is 1. The van der Waals surface area contributed by atoms with Crippen molar-refractivity contribution in [2.24, 2.45) is 0 Å². The molecular formula is C14H14Cl2N2O. The normalized spacial score (nSPS) is 10.5. The molecule has 1 aromatic carbocycles. The van der Waals surface area contributed by atoms with E-state index in [-0.39, 0.29) is 0 Å². The van der Waals surface area contributed by atoms with Crippen LogP contribution in [-0.2, 0) is 6.54 Å². The second-order valence-electron chi connectivity index (χ2n) is 3.96. The Morgan fingerprint density at radius 3 is 2.74 bits per heavy atom. The van der Waals surface area contributed by atoms with Crippen LogP contribution in [0.2, 0.25) is 10.0 Å². The molecule has 0 atom stereocenters. The minimum Gasteiger partial charge on any atom is -0.437 e. The Bertz CT molecular complexity index is 544. The van der Waals surface area contributed by atoms with Crippen LogP contribution in [0.15, 0.2) is 36.5 Å². The van der Waals surface area contributed by atoms with Crippen LogP contribution in [0.25, 0.3) is 0 Å². The van der Waals surface area contributed by atoms with E-state index in [4.69, 9.17) is 27.9 Å². The lowest BCUT2D eigenvalue weighted by atomic mass is 10.3. The van der Waals surface area contributed by atoms with Crippen LogP contribution in [-0.4, -0.2) is 11.5 Å². The number of halogens is 2. The molecule has 100 valence electrons. The zero-order valence-corrected chi connectivity index (χ0v) is 12.0. The average molecular weight is 297 g/mol. The Balaban J connectivity index is 2.08. The molecule has 1 N–H and O–H groups in total. The highest BCUT2D eigenvalue weighted by Crippen LogP contribution is 2.30. The van der Waals surface area contributed by atoms with E-state index in [1.165, 1.54) is 0 Å². The van der Waals surface area contributed by atoms with Gasteiger partial charge in [-0.1, -0.05) is 36.2 Å². The number of benzene rings is 1. The van der Waals surface area contributed by atoms with E-state index in [1.54, 1.807) is 24.4 Å². The lowest BCUT2D eigenvalue weighted by molar-refractivity contribution is 0.462. The molecule has 3 nitrogen and oxygen atoms in total. The molecule has 2 rings (SSSR count). The number of hydrogen-bond donors (Lipinski definition) is 1. The summed E-state index contributed by atoms with van der Waals surface area (Å²) in [5.41, 5.74) is 1.10. The Hall–Kier alpha value is -1.29. The molecule has 0 aliphatic carbocycles. The first kappa shape index (κ1) is 14.1. The van der Waals surface area contributed by atoms with Gasteiger partial charge in [0.2, 0.25) is 5.88 Å². The largest absolute Gasteiger partial charge is 0.437 e. The van der Waals surface area contributed by atoms with E-state index in [0.717, 1.165) is 18.7 Å². The van der Waals surface area contributed by atoms with Gasteiger partial charge in [0.1, 0.15) is 5.75 Å². The summed E-state index contributed by atoms with van der Waals surface area (Å²) in [5.74, 6) is 0.991. The van der Waals surface area contributed by atoms with Crippen LogP contribution in [0.4, 0.5) is 0 Å². The highest BCUT2D eigenvalue weighted by atomic mass is 35.5. The van der Waals surface area contributed by atoms with Crippen molar-refractivity contribution in [2.45, 2.75) is 13.5 Å². The van der Waals surface area contributed by atoms with Gasteiger partial charge < -0.3 is 10.1 Å². The van der Waals surface area contributed by atoms with Gasteiger partial charge in [0, 0.05) is 29.9 Å². The number of rotatable bonds is 5. The molecule has 1 heterocycles. The van der Waals surface area contributed by atoms with Gasteiger partial charge in [0.25, 0.3) is 0 Å². The predicted molar refractivity (Wildman–Crippen MR) is 78.2 cm³/mol. The monoisotopic (exact) mass is 296 g/mol. The quantitative estimate of drug-likeness (QED) is 0.894. The van der Waals surface area contributed by atoms with Crippen molar-refractivity contribution in [1.29, 1.82) is 0 Å². The summed E-state index contributed by atoms with van der Waals surface area (Å²) in [4.78, 5) is 4.23. The summed E-state index contributed by atoms with van der Waals surface area (Å²) in [5, 5.41) is 4.31. The lowest BCUT2D eigenvalue weighted by Crippen LogP contribution is -2.11. The first-order chi connectivity index (χ1) is 9.19. The fourth-order valence-corrected chi connectivity index (χ4v) is 1.83. The van der Waals surface area contributed by atoms with Crippen molar-refractivity contribution in [3.05, 3.63) is 52.1 Å². The number of ether oxygens (including phenoxy) is 1. The summed E-state index contributed by atoms with van der Waals surface area (Å²) >= 11 is 11.9. The predicted octanol–water partition coefficient (Wildman–Crippen LogP) is 4.29. The van der Waals surface area contributed by atoms with Gasteiger partial charge in [0.05, 0.1) is 5.02 Å². The Morgan fingerprint density at radius 2 is 2.05 bits per heavy atom. The molecule has 0 radical (unpaired) electrons. The number of nitrogens with zero attached hydrogens (tertiary/aromatic N) is 1. The molecule has 2 aromatic rings. The standard InChI is InChI=1S/C14H14Cl2N2O/c1-2-17-8-10-3-6-14(18-9-10)19-13-7-11(15)4-5-12(13)16/h3-7,9,17H,2,8H2,1H3. The average Bonchev–Trinajstić information content (AvgIpc) is 2.42. The molecule has 0 spiro atoms. The maximum absolute atomic E-state index is 6.02. The molecule has 0 saturated carbocycles. The van der Waals surface area contributed by atoms with Crippen molar-refractivity contribution >= 4 is 23.2 Å². The van der Waals surface area contributed by atoms with Crippen LogP contribution >= 0.6 is 23.2 Å². The van der Waals surface area contributed by atoms with E-state index >= 15 is 0 Å². The summed E-state index contributed by atoms with van der Waals surface area (Å²) in [6, 6.07) is 8.84. The van der Waals surface area contributed by atoms with Crippen molar-refractivity contribution in [2.75, 3.05) is 6.54 Å². The first-order valence-corrected chi connectivity index (χ1v) is 6.73. The Kier molecular flexibility index (Phi) is 5.02. The Morgan fingerprint density at radius 1 is 1.21 bits per heavy atom. The maximum atomic E-state index is 6.02. The highest BCUT2D eigenvalue weighted by Gasteiger charge is 2.05. The molecule has 0 saturated heterocycles. The second kappa shape index (κ2) is 6.75. The summed E-state index contributed by atoms with van der Waals surface area (Å²) in [7, 11) is 0. The van der Waals surface area contributed by atoms with Gasteiger partial charge in [0.15, 0.2) is 0 Å². The maximum Gasteiger partial charge on any atom is 0.219 e. The van der Waals surface area contributed by atoms with Gasteiger partial charge in [-0.25, -0.2) is 4.98 Å². The van der Waals surface area contributed by atoms with Crippen LogP contribution in [0, 0.1) is 0 Å². The first-order valence-electron chi connectivity index (χ1n) is 5.97. The zero-order chi connectivity index (χ0) is 13.7. The van der Waals surface area contributed by atoms with Crippen molar-refractivity contribution in [1.82, 2.24) is 10.3 Å². The van der Waals surface area contributed by atoms with Crippen molar-refractivity contribution < 1.29 is 4.74 Å². The molecule has 0 fully saturated rings. The Labute approximate surface area is 122 Å². The van der Waals surface area contributed by atoms with E-state index in [9.17, 15) is 0 Å². The number of nitrogens with one attached hydrogen (secondary N) is 1. The highest BCUT2D eigenvalue weighted by molar-refractivity contribution is 6.34. The molecular weight excluding hydrogens is 283 g/mol. The third-order valence-corrected chi connectivity index (χ3v) is 3.03. The molecule has 19 heavy (non-hydrogen) atoms. The minimum atomic E-state index is 0.490. The van der Waals surface area contributed by atoms with E-state index in [1.807, 2.05) is 12.1 Å². The van der Waals surface area contributed by atoms with E-state index in [0.29, 0.717) is 21.7 Å². The number of aromatic nitrogens is 1. The molecule has 5 heteroatoms. The van der Waals surface area contributed by atoms with Crippen LogP contribution in [0.3, 0.4) is 0 Å². The van der Waals surface area contributed by atoms with Crippen molar-refractivity contribution in [3.63, 3.8) is 0 Å². The van der Waals surface area contributed by atoms with Gasteiger partial charge in [-0.05, 0) is 24.2 Å². The van der Waals surface area contributed by atoms with Gasteiger partial charge in [-0.15, -0.1) is 0 Å². The van der Waals surface area contributed by atoms with Crippen LogP contribution in [0.1, 0.15) is 12.5 Å². The molecule has 0 aliphatic heterocycles. The van der Waals surface area contributed by atoms with Crippen molar-refractivity contribution in [3.8, 4) is 11.6 Å². The summed E-state index contributed by atoms with van der Waals surface area (Å²) < 4.78 is 5.60. The molecule has 0 aliphatic rings. The summed E-state index contributed by atoms with van der Waals surface area (Å²) in [6.07, 6.45) is 1.77. The zero-order valence-electron chi connectivity index (χ0n) is 10.5. The molecule has 0 bridgehead atoms. The van der Waals surface area contributed by atoms with Gasteiger partial charge >= 0.3 is 0 Å². The molecule has 0 unspecified atom stereocenters. The second-order valence-corrected chi connectivity index (χ2v) is 4.81. The van der Waals surface area contributed by atoms with E-state index in [2.05, 4.69) is 17.2 Å². The summed E-state index contributed by atoms with van der Waals surface area (Å²) in [6.45, 7) is 3.78. The van der Waals surface area contributed by atoms with Crippen LogP contribution < -0.4 is 10.1 Å². The lowest BCUT2D eigenvalue weighted by Gasteiger charge is -2.08. The van der Waals surface area contributed by atoms with Gasteiger partial charge in [-0.2, -0.15) is 0 Å². The fourth-order valence-electron chi connectivity index (χ4n) is 1.51. The molecule has 1 aromatic heterocycles. The minimum absolute atomic E-state index is 0.490. The molecule has 0 amide bonds.